The second-order valence-corrected chi connectivity index (χ2v) is 5.66. The molecule has 1 aromatic carbocycles. The highest BCUT2D eigenvalue weighted by atomic mass is 16.2. The zero-order valence-corrected chi connectivity index (χ0v) is 13.5. The third kappa shape index (κ3) is 6.63. The SMILES string of the molecule is CCCCC(CC)CNC(=O)Nc1ccc(C(C)N)cc1. The number of anilines is 1. The maximum atomic E-state index is 11.9. The average Bonchev–Trinajstić information content (AvgIpc) is 2.48. The highest BCUT2D eigenvalue weighted by Crippen LogP contribution is 2.14. The Hall–Kier alpha value is -1.55. The third-order valence-corrected chi connectivity index (χ3v) is 3.79. The van der Waals surface area contributed by atoms with Crippen molar-refractivity contribution in [3.63, 3.8) is 0 Å². The van der Waals surface area contributed by atoms with E-state index in [-0.39, 0.29) is 12.1 Å². The lowest BCUT2D eigenvalue weighted by Gasteiger charge is -2.16. The number of nitrogens with two attached hydrogens (primary N) is 1. The van der Waals surface area contributed by atoms with Gasteiger partial charge in [-0.2, -0.15) is 0 Å². The van der Waals surface area contributed by atoms with Crippen LogP contribution in [0.2, 0.25) is 0 Å². The summed E-state index contributed by atoms with van der Waals surface area (Å²) < 4.78 is 0. The van der Waals surface area contributed by atoms with E-state index in [4.69, 9.17) is 5.73 Å². The molecule has 1 aromatic rings. The Morgan fingerprint density at radius 2 is 1.90 bits per heavy atom. The van der Waals surface area contributed by atoms with Crippen LogP contribution in [0.1, 0.15) is 58.1 Å². The van der Waals surface area contributed by atoms with Gasteiger partial charge in [0.1, 0.15) is 0 Å². The first kappa shape index (κ1) is 17.5. The van der Waals surface area contributed by atoms with Crippen LogP contribution in [-0.4, -0.2) is 12.6 Å². The van der Waals surface area contributed by atoms with Gasteiger partial charge in [-0.3, -0.25) is 0 Å². The van der Waals surface area contributed by atoms with Gasteiger partial charge >= 0.3 is 6.03 Å². The lowest BCUT2D eigenvalue weighted by atomic mass is 9.99. The van der Waals surface area contributed by atoms with Crippen molar-refractivity contribution < 1.29 is 4.79 Å². The molecule has 2 atom stereocenters. The Morgan fingerprint density at radius 1 is 1.24 bits per heavy atom. The number of amides is 2. The standard InChI is InChI=1S/C17H29N3O/c1-4-6-7-14(5-2)12-19-17(21)20-16-10-8-15(9-11-16)13(3)18/h8-11,13-14H,4-7,12,18H2,1-3H3,(H2,19,20,21). The number of hydrogen-bond donors (Lipinski definition) is 3. The average molecular weight is 291 g/mol. The molecule has 1 rings (SSSR count). The highest BCUT2D eigenvalue weighted by Gasteiger charge is 2.08. The molecule has 0 aliphatic rings. The fraction of sp³-hybridized carbons (Fsp3) is 0.588. The van der Waals surface area contributed by atoms with Crippen molar-refractivity contribution in [2.45, 2.75) is 52.5 Å². The van der Waals surface area contributed by atoms with Crippen LogP contribution in [0.25, 0.3) is 0 Å². The molecular formula is C17H29N3O. The topological polar surface area (TPSA) is 67.2 Å². The molecule has 21 heavy (non-hydrogen) atoms. The Labute approximate surface area is 128 Å². The number of hydrogen-bond acceptors (Lipinski definition) is 2. The first-order valence-corrected chi connectivity index (χ1v) is 7.97. The fourth-order valence-corrected chi connectivity index (χ4v) is 2.23. The minimum atomic E-state index is -0.140. The number of benzene rings is 1. The second-order valence-electron chi connectivity index (χ2n) is 5.66. The van der Waals surface area contributed by atoms with Crippen LogP contribution in [0, 0.1) is 5.92 Å². The number of unbranched alkanes of at least 4 members (excludes halogenated alkanes) is 1. The van der Waals surface area contributed by atoms with E-state index in [2.05, 4.69) is 24.5 Å². The Balaban J connectivity index is 2.39. The Bertz CT molecular complexity index is 415. The van der Waals surface area contributed by atoms with Crippen molar-refractivity contribution >= 4 is 11.7 Å². The molecule has 2 amide bonds. The van der Waals surface area contributed by atoms with Crippen molar-refractivity contribution in [1.82, 2.24) is 5.32 Å². The number of rotatable bonds is 8. The van der Waals surface area contributed by atoms with Gasteiger partial charge < -0.3 is 16.4 Å². The Morgan fingerprint density at radius 3 is 2.43 bits per heavy atom. The predicted molar refractivity (Wildman–Crippen MR) is 89.4 cm³/mol. The summed E-state index contributed by atoms with van der Waals surface area (Å²) in [6.07, 6.45) is 4.70. The van der Waals surface area contributed by atoms with E-state index in [9.17, 15) is 4.79 Å². The van der Waals surface area contributed by atoms with E-state index in [0.29, 0.717) is 5.92 Å². The van der Waals surface area contributed by atoms with Gasteiger partial charge in [0.15, 0.2) is 0 Å². The molecule has 0 radical (unpaired) electrons. The minimum Gasteiger partial charge on any atom is -0.338 e. The second kappa shape index (κ2) is 9.40. The summed E-state index contributed by atoms with van der Waals surface area (Å²) in [5.74, 6) is 0.566. The summed E-state index contributed by atoms with van der Waals surface area (Å²) in [5, 5.41) is 5.81. The van der Waals surface area contributed by atoms with Crippen molar-refractivity contribution in [3.05, 3.63) is 29.8 Å². The molecule has 0 aliphatic heterocycles. The highest BCUT2D eigenvalue weighted by molar-refractivity contribution is 5.89. The predicted octanol–water partition coefficient (Wildman–Crippen LogP) is 4.04. The molecule has 4 N–H and O–H groups in total. The van der Waals surface area contributed by atoms with Gasteiger partial charge in [0, 0.05) is 18.3 Å². The molecule has 118 valence electrons. The van der Waals surface area contributed by atoms with Gasteiger partial charge in [0.05, 0.1) is 0 Å². The summed E-state index contributed by atoms with van der Waals surface area (Å²) in [6.45, 7) is 7.04. The molecule has 0 aromatic heterocycles. The quantitative estimate of drug-likeness (QED) is 0.676. The van der Waals surface area contributed by atoms with E-state index in [0.717, 1.165) is 24.2 Å². The van der Waals surface area contributed by atoms with E-state index < -0.39 is 0 Å². The van der Waals surface area contributed by atoms with Crippen molar-refractivity contribution in [1.29, 1.82) is 0 Å². The van der Waals surface area contributed by atoms with E-state index in [1.807, 2.05) is 31.2 Å². The van der Waals surface area contributed by atoms with Crippen LogP contribution in [0.15, 0.2) is 24.3 Å². The van der Waals surface area contributed by atoms with Gasteiger partial charge in [0.2, 0.25) is 0 Å². The van der Waals surface area contributed by atoms with E-state index >= 15 is 0 Å². The molecule has 0 aliphatic carbocycles. The van der Waals surface area contributed by atoms with Crippen LogP contribution in [-0.2, 0) is 0 Å². The van der Waals surface area contributed by atoms with Crippen molar-refractivity contribution in [2.75, 3.05) is 11.9 Å². The zero-order chi connectivity index (χ0) is 15.7. The maximum Gasteiger partial charge on any atom is 0.319 e. The Kier molecular flexibility index (Phi) is 7.83. The lowest BCUT2D eigenvalue weighted by Crippen LogP contribution is -2.33. The molecule has 0 heterocycles. The molecule has 0 saturated carbocycles. The smallest absolute Gasteiger partial charge is 0.319 e. The first-order chi connectivity index (χ1) is 10.1. The largest absolute Gasteiger partial charge is 0.338 e. The molecule has 0 bridgehead atoms. The summed E-state index contributed by atoms with van der Waals surface area (Å²) in [4.78, 5) is 11.9. The van der Waals surface area contributed by atoms with E-state index in [1.165, 1.54) is 19.3 Å². The van der Waals surface area contributed by atoms with Crippen molar-refractivity contribution in [2.24, 2.45) is 11.7 Å². The van der Waals surface area contributed by atoms with Gasteiger partial charge in [-0.05, 0) is 37.0 Å². The first-order valence-electron chi connectivity index (χ1n) is 7.97. The van der Waals surface area contributed by atoms with E-state index in [1.54, 1.807) is 0 Å². The third-order valence-electron chi connectivity index (χ3n) is 3.79. The lowest BCUT2D eigenvalue weighted by molar-refractivity contribution is 0.249. The molecule has 0 spiro atoms. The maximum absolute atomic E-state index is 11.9. The van der Waals surface area contributed by atoms with Gasteiger partial charge in [0.25, 0.3) is 0 Å². The molecular weight excluding hydrogens is 262 g/mol. The number of urea groups is 1. The van der Waals surface area contributed by atoms with Gasteiger partial charge in [-0.1, -0.05) is 45.2 Å². The summed E-state index contributed by atoms with van der Waals surface area (Å²) in [6, 6.07) is 7.52. The van der Waals surface area contributed by atoms with Crippen LogP contribution in [0.5, 0.6) is 0 Å². The molecule has 0 saturated heterocycles. The number of carbonyl (C=O) groups excluding carboxylic acids is 1. The van der Waals surface area contributed by atoms with Gasteiger partial charge in [-0.25, -0.2) is 4.79 Å². The summed E-state index contributed by atoms with van der Waals surface area (Å²) >= 11 is 0. The van der Waals surface area contributed by atoms with Crippen LogP contribution in [0.4, 0.5) is 10.5 Å². The van der Waals surface area contributed by atoms with Crippen LogP contribution in [0.3, 0.4) is 0 Å². The fourth-order valence-electron chi connectivity index (χ4n) is 2.23. The molecule has 4 nitrogen and oxygen atoms in total. The number of carbonyl (C=O) groups is 1. The normalized spacial score (nSPS) is 13.5. The van der Waals surface area contributed by atoms with Gasteiger partial charge in [-0.15, -0.1) is 0 Å². The zero-order valence-electron chi connectivity index (χ0n) is 13.5. The van der Waals surface area contributed by atoms with Crippen molar-refractivity contribution in [3.8, 4) is 0 Å². The van der Waals surface area contributed by atoms with Crippen LogP contribution < -0.4 is 16.4 Å². The summed E-state index contributed by atoms with van der Waals surface area (Å²) in [7, 11) is 0. The molecule has 4 heteroatoms. The molecule has 2 unspecified atom stereocenters. The molecule has 0 fully saturated rings. The minimum absolute atomic E-state index is 0.0109. The monoisotopic (exact) mass is 291 g/mol. The number of nitrogens with one attached hydrogen (secondary N) is 2. The van der Waals surface area contributed by atoms with Crippen LogP contribution >= 0.6 is 0 Å². The summed E-state index contributed by atoms with van der Waals surface area (Å²) in [5.41, 5.74) is 7.65.